The summed E-state index contributed by atoms with van der Waals surface area (Å²) in [6.45, 7) is 0.496. The summed E-state index contributed by atoms with van der Waals surface area (Å²) in [6.07, 6.45) is 1.39. The molecule has 0 fully saturated rings. The third-order valence-corrected chi connectivity index (χ3v) is 7.07. The number of fused-ring (bicyclic) bond motifs is 2. The average molecular weight is 574 g/mol. The van der Waals surface area contributed by atoms with Gasteiger partial charge in [-0.15, -0.1) is 0 Å². The third-order valence-electron chi connectivity index (χ3n) is 7.07. The summed E-state index contributed by atoms with van der Waals surface area (Å²) in [4.78, 5) is 30.2. The number of hydrogen-bond donors (Lipinski definition) is 3. The molecular weight excluding hydrogens is 546 g/mol. The van der Waals surface area contributed by atoms with Gasteiger partial charge in [0.2, 0.25) is 0 Å². The molecule has 11 nitrogen and oxygen atoms in total. The topological polar surface area (TPSA) is 154 Å². The van der Waals surface area contributed by atoms with Crippen LogP contribution in [0.5, 0.6) is 11.5 Å². The van der Waals surface area contributed by atoms with Crippen LogP contribution in [0.2, 0.25) is 0 Å². The van der Waals surface area contributed by atoms with E-state index in [1.54, 1.807) is 55.3 Å². The molecule has 6 aromatic rings. The Labute approximate surface area is 246 Å². The molecule has 0 spiro atoms. The van der Waals surface area contributed by atoms with Gasteiger partial charge in [-0.2, -0.15) is 5.10 Å². The number of aromatic hydroxyl groups is 1. The summed E-state index contributed by atoms with van der Waals surface area (Å²) in [5.74, 6) is 6.94. The minimum Gasteiger partial charge on any atom is -0.508 e. The van der Waals surface area contributed by atoms with Gasteiger partial charge in [-0.3, -0.25) is 4.79 Å². The number of methoxy groups -OCH3 is 2. The summed E-state index contributed by atoms with van der Waals surface area (Å²) in [7, 11) is 3.16. The largest absolute Gasteiger partial charge is 0.508 e. The van der Waals surface area contributed by atoms with Gasteiger partial charge in [0, 0.05) is 18.2 Å². The van der Waals surface area contributed by atoms with Crippen LogP contribution in [0.1, 0.15) is 22.9 Å². The summed E-state index contributed by atoms with van der Waals surface area (Å²) >= 11 is 0. The highest BCUT2D eigenvalue weighted by Crippen LogP contribution is 2.34. The molecule has 3 aromatic carbocycles. The number of hydrogen-bond acceptors (Lipinski definition) is 9. The minimum atomic E-state index is -0.470. The van der Waals surface area contributed by atoms with Crippen molar-refractivity contribution in [3.63, 3.8) is 0 Å². The molecule has 214 valence electrons. The van der Waals surface area contributed by atoms with E-state index in [4.69, 9.17) is 25.3 Å². The molecule has 0 aliphatic rings. The van der Waals surface area contributed by atoms with Crippen LogP contribution < -0.4 is 16.0 Å². The van der Waals surface area contributed by atoms with Gasteiger partial charge >= 0.3 is 0 Å². The van der Waals surface area contributed by atoms with Gasteiger partial charge in [0.15, 0.2) is 5.65 Å². The molecule has 0 saturated heterocycles. The average Bonchev–Trinajstić information content (AvgIpc) is 3.39. The molecule has 0 bridgehead atoms. The van der Waals surface area contributed by atoms with Crippen LogP contribution in [-0.4, -0.2) is 55.6 Å². The van der Waals surface area contributed by atoms with Gasteiger partial charge in [0.05, 0.1) is 35.9 Å². The number of phenols is 1. The number of benzene rings is 3. The van der Waals surface area contributed by atoms with Crippen molar-refractivity contribution >= 4 is 27.8 Å². The third kappa shape index (κ3) is 5.35. The van der Waals surface area contributed by atoms with Crippen LogP contribution in [0.4, 0.5) is 5.82 Å². The normalized spacial score (nSPS) is 11.8. The molecular formula is C32H27N7O4. The first-order chi connectivity index (χ1) is 21.0. The lowest BCUT2D eigenvalue weighted by Gasteiger charge is -2.18. The van der Waals surface area contributed by atoms with Crippen LogP contribution in [0, 0.1) is 11.8 Å². The quantitative estimate of drug-likeness (QED) is 0.242. The fraction of sp³-hybridized carbons (Fsp3) is 0.156. The van der Waals surface area contributed by atoms with E-state index >= 15 is 0 Å². The van der Waals surface area contributed by atoms with Crippen LogP contribution in [0.15, 0.2) is 77.9 Å². The van der Waals surface area contributed by atoms with Gasteiger partial charge in [-0.25, -0.2) is 19.6 Å². The van der Waals surface area contributed by atoms with Crippen molar-refractivity contribution in [2.24, 2.45) is 0 Å². The Kier molecular flexibility index (Phi) is 7.43. The predicted octanol–water partition coefficient (Wildman–Crippen LogP) is 3.86. The molecule has 0 saturated carbocycles. The van der Waals surface area contributed by atoms with Crippen LogP contribution >= 0.6 is 0 Å². The standard InChI is InChI=1S/C32H27N7O4/c1-42-15-5-8-19-6-4-10-25-26(19)32(41)37-30(36-25)24(21-7-3-9-23(16-21)43-2)17-39-31-27(29(33)34-18-35-31)28(38-39)20-11-13-22(40)14-12-20/h3-4,6-7,9-14,16,18,24,40H,15,17H2,1-2H3,(H2,33,34,35)(H,36,37,41). The molecule has 4 N–H and O–H groups in total. The van der Waals surface area contributed by atoms with Crippen molar-refractivity contribution in [3.8, 4) is 34.6 Å². The lowest BCUT2D eigenvalue weighted by Crippen LogP contribution is -2.20. The molecule has 43 heavy (non-hydrogen) atoms. The fourth-order valence-corrected chi connectivity index (χ4v) is 5.04. The second-order valence-electron chi connectivity index (χ2n) is 9.75. The number of nitrogen functional groups attached to an aromatic ring is 1. The number of nitrogens with zero attached hydrogens (tertiary/aromatic N) is 5. The lowest BCUT2D eigenvalue weighted by atomic mass is 9.97. The minimum absolute atomic E-state index is 0.133. The first-order valence-electron chi connectivity index (χ1n) is 13.4. The second kappa shape index (κ2) is 11.6. The Bertz CT molecular complexity index is 2070. The van der Waals surface area contributed by atoms with Gasteiger partial charge in [0.25, 0.3) is 5.56 Å². The van der Waals surface area contributed by atoms with E-state index in [1.807, 2.05) is 30.3 Å². The monoisotopic (exact) mass is 573 g/mol. The summed E-state index contributed by atoms with van der Waals surface area (Å²) in [5.41, 5.74) is 9.75. The number of anilines is 1. The van der Waals surface area contributed by atoms with Gasteiger partial charge in [-0.1, -0.05) is 30.0 Å². The van der Waals surface area contributed by atoms with Crippen LogP contribution in [-0.2, 0) is 11.3 Å². The molecule has 6 rings (SSSR count). The smallest absolute Gasteiger partial charge is 0.260 e. The second-order valence-corrected chi connectivity index (χ2v) is 9.75. The SMILES string of the molecule is COCC#Cc1cccc2nc(C(Cn3nc(-c4ccc(O)cc4)c4c(N)ncnc43)c3cccc(OC)c3)[nH]c(=O)c12. The van der Waals surface area contributed by atoms with Crippen molar-refractivity contribution in [2.45, 2.75) is 12.5 Å². The van der Waals surface area contributed by atoms with E-state index in [9.17, 15) is 9.90 Å². The Morgan fingerprint density at radius 3 is 2.65 bits per heavy atom. The summed E-state index contributed by atoms with van der Waals surface area (Å²) < 4.78 is 12.3. The maximum Gasteiger partial charge on any atom is 0.260 e. The molecule has 1 unspecified atom stereocenters. The maximum atomic E-state index is 13.5. The maximum absolute atomic E-state index is 13.5. The van der Waals surface area contributed by atoms with Gasteiger partial charge in [-0.05, 0) is 54.1 Å². The molecule has 0 amide bonds. The number of aromatic nitrogens is 6. The number of rotatable bonds is 7. The van der Waals surface area contributed by atoms with E-state index in [-0.39, 0.29) is 30.3 Å². The molecule has 0 aliphatic heterocycles. The van der Waals surface area contributed by atoms with Crippen molar-refractivity contribution < 1.29 is 14.6 Å². The van der Waals surface area contributed by atoms with Crippen molar-refractivity contribution in [1.82, 2.24) is 29.7 Å². The van der Waals surface area contributed by atoms with E-state index in [2.05, 4.69) is 26.8 Å². The summed E-state index contributed by atoms with van der Waals surface area (Å²) in [6, 6.07) is 19.6. The zero-order valence-electron chi connectivity index (χ0n) is 23.4. The number of phenolic OH excluding ortho intramolecular Hbond substituents is 1. The van der Waals surface area contributed by atoms with Crippen LogP contribution in [0.25, 0.3) is 33.2 Å². The van der Waals surface area contributed by atoms with E-state index < -0.39 is 5.92 Å². The van der Waals surface area contributed by atoms with Gasteiger partial charge in [0.1, 0.15) is 41.8 Å². The highest BCUT2D eigenvalue weighted by molar-refractivity contribution is 5.98. The van der Waals surface area contributed by atoms with Crippen LogP contribution in [0.3, 0.4) is 0 Å². The Balaban J connectivity index is 1.53. The summed E-state index contributed by atoms with van der Waals surface area (Å²) in [5, 5.41) is 15.7. The lowest BCUT2D eigenvalue weighted by molar-refractivity contribution is 0.240. The first-order valence-corrected chi connectivity index (χ1v) is 13.4. The van der Waals surface area contributed by atoms with E-state index in [0.29, 0.717) is 44.8 Å². The van der Waals surface area contributed by atoms with Crippen molar-refractivity contribution in [1.29, 1.82) is 0 Å². The van der Waals surface area contributed by atoms with E-state index in [1.165, 1.54) is 6.33 Å². The molecule has 0 radical (unpaired) electrons. The predicted molar refractivity (Wildman–Crippen MR) is 163 cm³/mol. The van der Waals surface area contributed by atoms with Gasteiger partial charge < -0.3 is 25.3 Å². The number of H-pyrrole nitrogens is 1. The number of aromatic amines is 1. The number of nitrogens with one attached hydrogen (secondary N) is 1. The Morgan fingerprint density at radius 1 is 1.05 bits per heavy atom. The molecule has 3 aromatic heterocycles. The highest BCUT2D eigenvalue weighted by Gasteiger charge is 2.24. The Morgan fingerprint density at radius 2 is 1.86 bits per heavy atom. The fourth-order valence-electron chi connectivity index (χ4n) is 5.04. The highest BCUT2D eigenvalue weighted by atomic mass is 16.5. The molecule has 0 aliphatic carbocycles. The van der Waals surface area contributed by atoms with E-state index in [0.717, 1.165) is 11.1 Å². The number of ether oxygens (including phenoxy) is 2. The van der Waals surface area contributed by atoms with Crippen molar-refractivity contribution in [3.05, 3.63) is 100 Å². The molecule has 11 heteroatoms. The molecule has 1 atom stereocenters. The zero-order valence-corrected chi connectivity index (χ0v) is 23.4. The Hall–Kier alpha value is -5.73. The van der Waals surface area contributed by atoms with Crippen molar-refractivity contribution in [2.75, 3.05) is 26.6 Å². The number of nitrogens with two attached hydrogens (primary N) is 1. The zero-order chi connectivity index (χ0) is 29.9. The molecule has 3 heterocycles. The first kappa shape index (κ1) is 27.4.